The molecule has 0 fully saturated rings. The molecule has 3 aromatic rings. The number of hydrogen-bond acceptors (Lipinski definition) is 5. The molecule has 0 unspecified atom stereocenters. The van der Waals surface area contributed by atoms with Crippen LogP contribution in [0.25, 0.3) is 0 Å². The fraction of sp³-hybridized carbons (Fsp3) is 0.227. The lowest BCUT2D eigenvalue weighted by Crippen LogP contribution is -2.09. The summed E-state index contributed by atoms with van der Waals surface area (Å²) >= 11 is 6.35. The zero-order chi connectivity index (χ0) is 22.6. The first-order valence-electron chi connectivity index (χ1n) is 9.30. The van der Waals surface area contributed by atoms with E-state index in [1.54, 1.807) is 32.2 Å². The Morgan fingerprint density at radius 3 is 2.52 bits per heavy atom. The van der Waals surface area contributed by atoms with Crippen LogP contribution in [0.2, 0.25) is 5.02 Å². The van der Waals surface area contributed by atoms with E-state index in [0.29, 0.717) is 39.2 Å². The summed E-state index contributed by atoms with van der Waals surface area (Å²) in [5.41, 5.74) is 0.875. The minimum Gasteiger partial charge on any atom is -0.437 e. The second kappa shape index (κ2) is 9.34. The monoisotopic (exact) mass is 449 g/mol. The fourth-order valence-corrected chi connectivity index (χ4v) is 3.37. The number of hydrogen-bond donors (Lipinski definition) is 1. The smallest absolute Gasteiger partial charge is 0.416 e. The van der Waals surface area contributed by atoms with E-state index in [0.717, 1.165) is 12.1 Å². The fourth-order valence-electron chi connectivity index (χ4n) is 3.05. The Morgan fingerprint density at radius 1 is 1.10 bits per heavy atom. The lowest BCUT2D eigenvalue weighted by Gasteiger charge is -2.12. The van der Waals surface area contributed by atoms with Gasteiger partial charge in [0.2, 0.25) is 5.88 Å². The predicted octanol–water partition coefficient (Wildman–Crippen LogP) is 5.65. The van der Waals surface area contributed by atoms with Crippen LogP contribution in [-0.2, 0) is 23.8 Å². The molecule has 3 rings (SSSR count). The van der Waals surface area contributed by atoms with Gasteiger partial charge in [0.25, 0.3) is 0 Å². The number of carbonyl (C=O) groups is 1. The van der Waals surface area contributed by atoms with E-state index in [1.807, 2.05) is 0 Å². The van der Waals surface area contributed by atoms with Crippen LogP contribution in [0.5, 0.6) is 11.6 Å². The summed E-state index contributed by atoms with van der Waals surface area (Å²) in [5.74, 6) is 1.06. The van der Waals surface area contributed by atoms with E-state index in [2.05, 4.69) is 15.3 Å². The van der Waals surface area contributed by atoms with Crippen molar-refractivity contribution in [2.75, 3.05) is 12.4 Å². The highest BCUT2D eigenvalue weighted by Gasteiger charge is 2.30. The van der Waals surface area contributed by atoms with Crippen molar-refractivity contribution in [2.45, 2.75) is 25.9 Å². The first-order valence-corrected chi connectivity index (χ1v) is 9.68. The average Bonchev–Trinajstić information content (AvgIpc) is 2.70. The highest BCUT2D eigenvalue weighted by atomic mass is 35.5. The molecule has 0 saturated heterocycles. The maximum Gasteiger partial charge on any atom is 0.416 e. The highest BCUT2D eigenvalue weighted by molar-refractivity contribution is 6.32. The maximum atomic E-state index is 12.9. The maximum absolute atomic E-state index is 12.9. The molecule has 0 atom stereocenters. The van der Waals surface area contributed by atoms with Gasteiger partial charge in [-0.25, -0.2) is 9.97 Å². The molecule has 0 amide bonds. The van der Waals surface area contributed by atoms with Gasteiger partial charge in [-0.1, -0.05) is 35.9 Å². The summed E-state index contributed by atoms with van der Waals surface area (Å²) in [7, 11) is 1.72. The van der Waals surface area contributed by atoms with Crippen molar-refractivity contribution in [3.63, 3.8) is 0 Å². The van der Waals surface area contributed by atoms with Crippen LogP contribution in [0.1, 0.15) is 22.3 Å². The summed E-state index contributed by atoms with van der Waals surface area (Å²) < 4.78 is 44.3. The molecule has 2 aromatic carbocycles. The third kappa shape index (κ3) is 5.95. The molecule has 0 aliphatic heterocycles. The summed E-state index contributed by atoms with van der Waals surface area (Å²) in [6.45, 7) is 1.78. The van der Waals surface area contributed by atoms with Crippen LogP contribution < -0.4 is 10.1 Å². The number of Topliss-reactive ketones (excluding diaryl/α,β-unsaturated/α-hetero) is 1. The summed E-state index contributed by atoms with van der Waals surface area (Å²) in [6.07, 6.45) is -3.16. The number of carbonyl (C=O) groups excluding carboxylic acids is 1. The van der Waals surface area contributed by atoms with Gasteiger partial charge in [-0.3, -0.25) is 4.79 Å². The quantitative estimate of drug-likeness (QED) is 0.505. The van der Waals surface area contributed by atoms with Crippen LogP contribution in [-0.4, -0.2) is 22.8 Å². The molecular weight excluding hydrogens is 431 g/mol. The van der Waals surface area contributed by atoms with Gasteiger partial charge in [0, 0.05) is 26.0 Å². The molecule has 31 heavy (non-hydrogen) atoms. The van der Waals surface area contributed by atoms with Crippen LogP contribution in [0, 0.1) is 6.92 Å². The molecule has 0 aliphatic rings. The van der Waals surface area contributed by atoms with E-state index >= 15 is 0 Å². The molecule has 5 nitrogen and oxygen atoms in total. The lowest BCUT2D eigenvalue weighted by molar-refractivity contribution is -0.137. The van der Waals surface area contributed by atoms with E-state index in [9.17, 15) is 18.0 Å². The van der Waals surface area contributed by atoms with Crippen molar-refractivity contribution >= 4 is 23.2 Å². The molecule has 0 bridgehead atoms. The van der Waals surface area contributed by atoms with E-state index in [4.69, 9.17) is 16.3 Å². The number of halogens is 4. The number of aromatic nitrogens is 2. The van der Waals surface area contributed by atoms with E-state index < -0.39 is 11.7 Å². The van der Waals surface area contributed by atoms with E-state index in [1.165, 1.54) is 18.5 Å². The second-order valence-electron chi connectivity index (χ2n) is 6.91. The van der Waals surface area contributed by atoms with E-state index in [-0.39, 0.29) is 18.6 Å². The number of ether oxygens (including phenoxy) is 1. The number of nitrogens with zero attached hydrogens (tertiary/aromatic N) is 2. The molecular formula is C22H19ClF3N3O2. The van der Waals surface area contributed by atoms with Crippen LogP contribution in [0.3, 0.4) is 0 Å². The number of aryl methyl sites for hydroxylation is 1. The zero-order valence-electron chi connectivity index (χ0n) is 16.8. The highest BCUT2D eigenvalue weighted by Crippen LogP contribution is 2.34. The van der Waals surface area contributed by atoms with Crippen molar-refractivity contribution in [1.29, 1.82) is 0 Å². The molecule has 1 N–H and O–H groups in total. The predicted molar refractivity (Wildman–Crippen MR) is 112 cm³/mol. The molecule has 1 aromatic heterocycles. The Hall–Kier alpha value is -3.13. The molecule has 9 heteroatoms. The third-order valence-corrected chi connectivity index (χ3v) is 4.73. The van der Waals surface area contributed by atoms with Gasteiger partial charge in [0.05, 0.1) is 10.6 Å². The first kappa shape index (κ1) is 22.6. The van der Waals surface area contributed by atoms with Crippen LogP contribution in [0.15, 0.2) is 48.8 Å². The Bertz CT molecular complexity index is 1080. The average molecular weight is 450 g/mol. The summed E-state index contributed by atoms with van der Waals surface area (Å²) in [5, 5.41) is 3.18. The Morgan fingerprint density at radius 2 is 1.84 bits per heavy atom. The number of anilines is 1. The minimum absolute atomic E-state index is 0.0362. The lowest BCUT2D eigenvalue weighted by atomic mass is 10.00. The number of rotatable bonds is 7. The van der Waals surface area contributed by atoms with Gasteiger partial charge in [-0.05, 0) is 35.7 Å². The van der Waals surface area contributed by atoms with Gasteiger partial charge >= 0.3 is 6.18 Å². The van der Waals surface area contributed by atoms with Crippen molar-refractivity contribution in [3.8, 4) is 11.6 Å². The standard InChI is InChI=1S/C22H19ClF3N3O2/c1-13-6-15(9-17(30)8-14-4-3-5-16(7-14)22(24,25)26)10-18(23)21(13)31-20-11-19(27-2)28-12-29-20/h3-7,10-12H,8-9H2,1-2H3,(H,27,28,29). The molecule has 0 radical (unpaired) electrons. The third-order valence-electron chi connectivity index (χ3n) is 4.45. The zero-order valence-corrected chi connectivity index (χ0v) is 17.5. The Balaban J connectivity index is 1.72. The molecule has 162 valence electrons. The topological polar surface area (TPSA) is 64.1 Å². The Kier molecular flexibility index (Phi) is 6.80. The number of ketones is 1. The van der Waals surface area contributed by atoms with Crippen molar-refractivity contribution in [3.05, 3.63) is 76.1 Å². The molecule has 0 saturated carbocycles. The number of alkyl halides is 3. The van der Waals surface area contributed by atoms with Gasteiger partial charge < -0.3 is 10.1 Å². The first-order chi connectivity index (χ1) is 14.7. The molecule has 0 aliphatic carbocycles. The van der Waals surface area contributed by atoms with Crippen molar-refractivity contribution in [2.24, 2.45) is 0 Å². The molecule has 1 heterocycles. The number of nitrogens with one attached hydrogen (secondary N) is 1. The minimum atomic E-state index is -4.45. The van der Waals surface area contributed by atoms with Crippen molar-refractivity contribution < 1.29 is 22.7 Å². The van der Waals surface area contributed by atoms with Crippen LogP contribution >= 0.6 is 11.6 Å². The SMILES string of the molecule is CNc1cc(Oc2c(C)cc(CC(=O)Cc3cccc(C(F)(F)F)c3)cc2Cl)ncn1. The van der Waals surface area contributed by atoms with Gasteiger partial charge in [0.15, 0.2) is 5.75 Å². The van der Waals surface area contributed by atoms with Gasteiger partial charge in [-0.2, -0.15) is 13.2 Å². The second-order valence-corrected chi connectivity index (χ2v) is 7.31. The summed E-state index contributed by atoms with van der Waals surface area (Å²) in [6, 6.07) is 9.75. The summed E-state index contributed by atoms with van der Waals surface area (Å²) in [4.78, 5) is 20.5. The number of benzene rings is 2. The van der Waals surface area contributed by atoms with Gasteiger partial charge in [-0.15, -0.1) is 0 Å². The normalized spacial score (nSPS) is 11.3. The Labute approximate surface area is 182 Å². The largest absolute Gasteiger partial charge is 0.437 e. The van der Waals surface area contributed by atoms with Gasteiger partial charge in [0.1, 0.15) is 17.9 Å². The van der Waals surface area contributed by atoms with Crippen molar-refractivity contribution in [1.82, 2.24) is 9.97 Å². The van der Waals surface area contributed by atoms with Crippen LogP contribution in [0.4, 0.5) is 19.0 Å². The molecule has 0 spiro atoms.